The van der Waals surface area contributed by atoms with Gasteiger partial charge in [0.2, 0.25) is 0 Å². The molecule has 3 aliphatic heterocycles. The Labute approximate surface area is 147 Å². The third kappa shape index (κ3) is 2.93. The van der Waals surface area contributed by atoms with Crippen LogP contribution in [0.25, 0.3) is 0 Å². The second-order valence-corrected chi connectivity index (χ2v) is 7.15. The lowest BCUT2D eigenvalue weighted by molar-refractivity contribution is -0.120. The van der Waals surface area contributed by atoms with Gasteiger partial charge in [-0.1, -0.05) is 0 Å². The fourth-order valence-electron chi connectivity index (χ4n) is 4.02. The lowest BCUT2D eigenvalue weighted by atomic mass is 10.1. The Morgan fingerprint density at radius 3 is 3.00 bits per heavy atom. The number of benzene rings is 1. The normalized spacial score (nSPS) is 26.1. The zero-order valence-corrected chi connectivity index (χ0v) is 14.7. The molecule has 0 aromatic heterocycles. The maximum absolute atomic E-state index is 12.7. The molecule has 7 nitrogen and oxygen atoms in total. The Bertz CT molecular complexity index is 708. The van der Waals surface area contributed by atoms with Crippen LogP contribution in [0.1, 0.15) is 19.8 Å². The summed E-state index contributed by atoms with van der Waals surface area (Å²) in [5.74, 6) is 0.543. The van der Waals surface area contributed by atoms with Crippen molar-refractivity contribution in [2.45, 2.75) is 31.8 Å². The van der Waals surface area contributed by atoms with E-state index in [0.717, 1.165) is 25.3 Å². The first-order chi connectivity index (χ1) is 12.0. The van der Waals surface area contributed by atoms with Gasteiger partial charge in [0.1, 0.15) is 5.75 Å². The minimum Gasteiger partial charge on any atom is -0.481 e. The van der Waals surface area contributed by atoms with Crippen LogP contribution in [0.4, 0.5) is 16.2 Å². The van der Waals surface area contributed by atoms with Crippen LogP contribution in [0.15, 0.2) is 18.2 Å². The Hall–Kier alpha value is -2.28. The second kappa shape index (κ2) is 6.22. The third-order valence-electron chi connectivity index (χ3n) is 5.50. The summed E-state index contributed by atoms with van der Waals surface area (Å²) in [6, 6.07) is 6.03. The van der Waals surface area contributed by atoms with Crippen molar-refractivity contribution in [2.24, 2.45) is 0 Å². The van der Waals surface area contributed by atoms with Crippen molar-refractivity contribution in [2.75, 3.05) is 43.5 Å². The predicted molar refractivity (Wildman–Crippen MR) is 95.1 cm³/mol. The van der Waals surface area contributed by atoms with Crippen molar-refractivity contribution in [3.63, 3.8) is 0 Å². The number of anilines is 2. The van der Waals surface area contributed by atoms with E-state index in [2.05, 4.69) is 17.1 Å². The van der Waals surface area contributed by atoms with E-state index >= 15 is 0 Å². The molecule has 0 radical (unpaired) electrons. The standard InChI is InChI=1S/C18H24N4O3/c1-12-9-21-7-3-4-14(21)10-22(12)18(24)19-13-5-6-15-16(8-13)25-11-17(23)20(15)2/h5-6,8,12,14H,3-4,7,9-11H2,1-2H3,(H,19,24). The highest BCUT2D eigenvalue weighted by Gasteiger charge is 2.36. The molecule has 0 aliphatic carbocycles. The minimum absolute atomic E-state index is 0.0293. The number of carbonyl (C=O) groups is 2. The summed E-state index contributed by atoms with van der Waals surface area (Å²) in [4.78, 5) is 30.4. The molecule has 4 rings (SSSR count). The number of carbonyl (C=O) groups excluding carboxylic acids is 2. The maximum atomic E-state index is 12.7. The van der Waals surface area contributed by atoms with Crippen molar-refractivity contribution in [1.82, 2.24) is 9.80 Å². The minimum atomic E-state index is -0.0763. The molecule has 2 fully saturated rings. The van der Waals surface area contributed by atoms with Crippen LogP contribution in [-0.2, 0) is 4.79 Å². The molecule has 25 heavy (non-hydrogen) atoms. The Balaban J connectivity index is 1.47. The third-order valence-corrected chi connectivity index (χ3v) is 5.50. The second-order valence-electron chi connectivity index (χ2n) is 7.15. The summed E-state index contributed by atoms with van der Waals surface area (Å²) in [6.07, 6.45) is 2.39. The number of urea groups is 1. The summed E-state index contributed by atoms with van der Waals surface area (Å²) in [5.41, 5.74) is 1.41. The highest BCUT2D eigenvalue weighted by atomic mass is 16.5. The van der Waals surface area contributed by atoms with Gasteiger partial charge in [0.15, 0.2) is 6.61 Å². The van der Waals surface area contributed by atoms with Gasteiger partial charge in [0.05, 0.1) is 5.69 Å². The van der Waals surface area contributed by atoms with Gasteiger partial charge >= 0.3 is 6.03 Å². The topological polar surface area (TPSA) is 65.1 Å². The van der Waals surface area contributed by atoms with Crippen LogP contribution < -0.4 is 15.0 Å². The quantitative estimate of drug-likeness (QED) is 0.843. The summed E-state index contributed by atoms with van der Waals surface area (Å²) < 4.78 is 5.49. The summed E-state index contributed by atoms with van der Waals surface area (Å²) in [6.45, 7) is 5.01. The summed E-state index contributed by atoms with van der Waals surface area (Å²) in [7, 11) is 1.73. The molecule has 2 atom stereocenters. The summed E-state index contributed by atoms with van der Waals surface area (Å²) >= 11 is 0. The number of amides is 3. The molecule has 7 heteroatoms. The molecule has 0 spiro atoms. The molecule has 0 saturated carbocycles. The fraction of sp³-hybridized carbons (Fsp3) is 0.556. The molecule has 3 heterocycles. The van der Waals surface area contributed by atoms with E-state index in [9.17, 15) is 9.59 Å². The van der Waals surface area contributed by atoms with Crippen LogP contribution in [0.5, 0.6) is 5.75 Å². The van der Waals surface area contributed by atoms with Crippen LogP contribution >= 0.6 is 0 Å². The number of ether oxygens (including phenoxy) is 1. The number of likely N-dealkylation sites (N-methyl/N-ethyl adjacent to an activating group) is 1. The van der Waals surface area contributed by atoms with Crippen LogP contribution in [-0.4, -0.2) is 67.1 Å². The molecule has 3 amide bonds. The van der Waals surface area contributed by atoms with Crippen LogP contribution in [0.2, 0.25) is 0 Å². The Morgan fingerprint density at radius 1 is 1.32 bits per heavy atom. The monoisotopic (exact) mass is 344 g/mol. The van der Waals surface area contributed by atoms with E-state index in [0.29, 0.717) is 17.5 Å². The molecule has 1 N–H and O–H groups in total. The van der Waals surface area contributed by atoms with Gasteiger partial charge in [0.25, 0.3) is 5.91 Å². The number of piperazine rings is 1. The number of nitrogens with zero attached hydrogens (tertiary/aromatic N) is 3. The van der Waals surface area contributed by atoms with E-state index in [4.69, 9.17) is 4.74 Å². The van der Waals surface area contributed by atoms with Crippen molar-refractivity contribution >= 4 is 23.3 Å². The average Bonchev–Trinajstić information content (AvgIpc) is 3.04. The molecular weight excluding hydrogens is 320 g/mol. The number of rotatable bonds is 1. The van der Waals surface area contributed by atoms with Crippen LogP contribution in [0.3, 0.4) is 0 Å². The van der Waals surface area contributed by atoms with Gasteiger partial charge in [0, 0.05) is 44.0 Å². The van der Waals surface area contributed by atoms with E-state index in [1.807, 2.05) is 11.0 Å². The number of hydrogen-bond acceptors (Lipinski definition) is 4. The maximum Gasteiger partial charge on any atom is 0.322 e. The first kappa shape index (κ1) is 16.2. The molecule has 1 aromatic rings. The molecule has 0 bridgehead atoms. The number of fused-ring (bicyclic) bond motifs is 2. The van der Waals surface area contributed by atoms with E-state index in [1.165, 1.54) is 12.8 Å². The van der Waals surface area contributed by atoms with Crippen molar-refractivity contribution in [3.8, 4) is 5.75 Å². The van der Waals surface area contributed by atoms with E-state index in [1.54, 1.807) is 24.1 Å². The Kier molecular flexibility index (Phi) is 4.03. The van der Waals surface area contributed by atoms with E-state index in [-0.39, 0.29) is 24.6 Å². The largest absolute Gasteiger partial charge is 0.481 e. The van der Waals surface area contributed by atoms with Crippen LogP contribution in [0, 0.1) is 0 Å². The zero-order valence-electron chi connectivity index (χ0n) is 14.7. The summed E-state index contributed by atoms with van der Waals surface area (Å²) in [5, 5.41) is 2.98. The highest BCUT2D eigenvalue weighted by Crippen LogP contribution is 2.34. The van der Waals surface area contributed by atoms with E-state index < -0.39 is 0 Å². The smallest absolute Gasteiger partial charge is 0.322 e. The molecule has 1 aromatic carbocycles. The molecule has 134 valence electrons. The fourth-order valence-corrected chi connectivity index (χ4v) is 4.02. The van der Waals surface area contributed by atoms with Crippen molar-refractivity contribution in [1.29, 1.82) is 0 Å². The SMILES string of the molecule is CC1CN2CCCC2CN1C(=O)Nc1ccc2c(c1)OCC(=O)N2C. The van der Waals surface area contributed by atoms with Gasteiger partial charge in [-0.25, -0.2) is 4.79 Å². The van der Waals surface area contributed by atoms with Gasteiger partial charge in [-0.05, 0) is 38.4 Å². The predicted octanol–water partition coefficient (Wildman–Crippen LogP) is 1.74. The van der Waals surface area contributed by atoms with Crippen molar-refractivity contribution < 1.29 is 14.3 Å². The van der Waals surface area contributed by atoms with Crippen molar-refractivity contribution in [3.05, 3.63) is 18.2 Å². The van der Waals surface area contributed by atoms with Gasteiger partial charge in [-0.15, -0.1) is 0 Å². The lowest BCUT2D eigenvalue weighted by Gasteiger charge is -2.42. The number of nitrogens with one attached hydrogen (secondary N) is 1. The molecule has 2 unspecified atom stereocenters. The van der Waals surface area contributed by atoms with Gasteiger partial charge in [-0.3, -0.25) is 9.69 Å². The van der Waals surface area contributed by atoms with Gasteiger partial charge in [-0.2, -0.15) is 0 Å². The molecular formula is C18H24N4O3. The average molecular weight is 344 g/mol. The molecule has 3 aliphatic rings. The Morgan fingerprint density at radius 2 is 2.16 bits per heavy atom. The molecule has 2 saturated heterocycles. The zero-order chi connectivity index (χ0) is 17.6. The van der Waals surface area contributed by atoms with Gasteiger partial charge < -0.3 is 19.9 Å². The highest BCUT2D eigenvalue weighted by molar-refractivity contribution is 5.98. The first-order valence-electron chi connectivity index (χ1n) is 8.88. The first-order valence-corrected chi connectivity index (χ1v) is 8.88. The lowest BCUT2D eigenvalue weighted by Crippen LogP contribution is -2.57. The number of hydrogen-bond donors (Lipinski definition) is 1.